The van der Waals surface area contributed by atoms with Crippen LogP contribution in [0.4, 0.5) is 5.69 Å². The number of amides is 1. The normalized spacial score (nSPS) is 38.2. The highest BCUT2D eigenvalue weighted by Gasteiger charge is 2.75. The highest BCUT2D eigenvalue weighted by molar-refractivity contribution is 6.19. The Hall–Kier alpha value is -2.00. The number of hydrogen-bond acceptors (Lipinski definition) is 7. The van der Waals surface area contributed by atoms with Crippen LogP contribution in [-0.4, -0.2) is 62.3 Å². The summed E-state index contributed by atoms with van der Waals surface area (Å²) in [4.78, 5) is 31.6. The molecule has 1 amide bonds. The summed E-state index contributed by atoms with van der Waals surface area (Å²) < 4.78 is 0. The molecule has 5 aliphatic rings. The average Bonchev–Trinajstić information content (AvgIpc) is 3.32. The van der Waals surface area contributed by atoms with E-state index in [-0.39, 0.29) is 47.0 Å². The van der Waals surface area contributed by atoms with E-state index in [0.29, 0.717) is 23.8 Å². The number of Topliss-reactive ketones (excluding diaryl/α,β-unsaturated/α-hetero) is 1. The van der Waals surface area contributed by atoms with E-state index in [1.165, 1.54) is 6.07 Å². The third kappa shape index (κ3) is 2.26. The molecule has 178 valence electrons. The number of benzene rings is 1. The lowest BCUT2D eigenvalue weighted by Gasteiger charge is -2.55. The van der Waals surface area contributed by atoms with Crippen LogP contribution in [0.1, 0.15) is 75.7 Å². The minimum Gasteiger partial charge on any atom is -0.762 e. The second-order valence-corrected chi connectivity index (χ2v) is 12.1. The quantitative estimate of drug-likeness (QED) is 0.628. The zero-order chi connectivity index (χ0) is 23.7. The van der Waals surface area contributed by atoms with Crippen LogP contribution in [0.25, 0.3) is 0 Å². The molecule has 4 unspecified atom stereocenters. The molecule has 1 aromatic carbocycles. The number of piperidine rings is 1. The van der Waals surface area contributed by atoms with Gasteiger partial charge in [-0.1, -0.05) is 19.9 Å². The second-order valence-electron chi connectivity index (χ2n) is 12.1. The molecule has 2 N–H and O–H groups in total. The minimum atomic E-state index is -1.10. The highest BCUT2D eigenvalue weighted by Crippen LogP contribution is 2.70. The van der Waals surface area contributed by atoms with Crippen molar-refractivity contribution in [3.05, 3.63) is 28.5 Å². The van der Waals surface area contributed by atoms with Crippen molar-refractivity contribution < 1.29 is 19.9 Å². The first-order valence-electron chi connectivity index (χ1n) is 12.0. The van der Waals surface area contributed by atoms with Crippen molar-refractivity contribution in [2.45, 2.75) is 82.3 Å². The lowest BCUT2D eigenvalue weighted by molar-refractivity contribution is -0.178. The largest absolute Gasteiger partial charge is 0.762 e. The van der Waals surface area contributed by atoms with Gasteiger partial charge in [-0.2, -0.15) is 0 Å². The number of hydroxylamine groups is 2. The van der Waals surface area contributed by atoms with Gasteiger partial charge >= 0.3 is 0 Å². The van der Waals surface area contributed by atoms with Gasteiger partial charge in [-0.05, 0) is 69.0 Å². The summed E-state index contributed by atoms with van der Waals surface area (Å²) in [7, 11) is 0. The number of hydrogen-bond donors (Lipinski definition) is 2. The van der Waals surface area contributed by atoms with Crippen LogP contribution in [0.5, 0.6) is 5.75 Å². The van der Waals surface area contributed by atoms with Crippen molar-refractivity contribution in [1.82, 2.24) is 10.1 Å². The van der Waals surface area contributed by atoms with Crippen molar-refractivity contribution in [1.29, 1.82) is 0 Å². The Morgan fingerprint density at radius 2 is 1.91 bits per heavy atom. The van der Waals surface area contributed by atoms with Crippen molar-refractivity contribution >= 4 is 17.4 Å². The molecule has 1 saturated carbocycles. The van der Waals surface area contributed by atoms with E-state index >= 15 is 0 Å². The molecule has 8 heteroatoms. The molecular weight excluding hydrogens is 422 g/mol. The summed E-state index contributed by atoms with van der Waals surface area (Å²) in [6.07, 6.45) is 3.22. The highest BCUT2D eigenvalue weighted by atomic mass is 16.8. The van der Waals surface area contributed by atoms with Crippen LogP contribution >= 0.6 is 0 Å². The number of nitrogens with zero attached hydrogens (tertiary/aromatic N) is 3. The van der Waals surface area contributed by atoms with Gasteiger partial charge in [0.15, 0.2) is 5.78 Å². The molecule has 33 heavy (non-hydrogen) atoms. The maximum atomic E-state index is 14.5. The van der Waals surface area contributed by atoms with Gasteiger partial charge in [0, 0.05) is 24.5 Å². The lowest BCUT2D eigenvalue weighted by Crippen LogP contribution is -2.61. The number of anilines is 1. The van der Waals surface area contributed by atoms with Gasteiger partial charge < -0.3 is 20.4 Å². The molecule has 4 aliphatic heterocycles. The van der Waals surface area contributed by atoms with Gasteiger partial charge in [-0.25, -0.2) is 0 Å². The summed E-state index contributed by atoms with van der Waals surface area (Å²) in [6.45, 7) is 9.20. The Labute approximate surface area is 193 Å². The SMILES string of the molecule is CC1(C)CC(=O)c2c(O)ccc3c2N1C(=O)C31CC2(N([O-])O)CN3CCCC3CC2C1(C)C. The first-order chi connectivity index (χ1) is 15.4. The van der Waals surface area contributed by atoms with Crippen LogP contribution in [0.2, 0.25) is 0 Å². The van der Waals surface area contributed by atoms with Gasteiger partial charge in [0.2, 0.25) is 5.91 Å². The Kier molecular flexibility index (Phi) is 4.02. The summed E-state index contributed by atoms with van der Waals surface area (Å²) in [5.74, 6) is -0.602. The van der Waals surface area contributed by atoms with Gasteiger partial charge in [0.25, 0.3) is 0 Å². The van der Waals surface area contributed by atoms with E-state index in [9.17, 15) is 25.1 Å². The zero-order valence-electron chi connectivity index (χ0n) is 19.7. The summed E-state index contributed by atoms with van der Waals surface area (Å²) in [6, 6.07) is 3.63. The number of carbonyl (C=O) groups is 2. The first-order valence-corrected chi connectivity index (χ1v) is 12.0. The Bertz CT molecular complexity index is 1100. The van der Waals surface area contributed by atoms with Crippen molar-refractivity contribution in [2.24, 2.45) is 11.3 Å². The van der Waals surface area contributed by atoms with E-state index in [2.05, 4.69) is 18.7 Å². The Morgan fingerprint density at radius 3 is 2.61 bits per heavy atom. The standard InChI is InChI=1S/C25H32N3O5/c1-22(2)11-17(30)19-16(29)8-7-15-20(19)27(22)21(31)25(15)12-24(28(32)33)13-26-9-5-6-14(26)10-18(24)23(25,3)4/h7-8,14,18,29,32H,5-6,9-13H2,1-4H3/q-1. The van der Waals surface area contributed by atoms with Gasteiger partial charge in [0.05, 0.1) is 22.2 Å². The molecule has 3 fully saturated rings. The van der Waals surface area contributed by atoms with E-state index in [1.807, 2.05) is 13.8 Å². The van der Waals surface area contributed by atoms with Crippen molar-refractivity contribution in [2.75, 3.05) is 18.0 Å². The van der Waals surface area contributed by atoms with E-state index < -0.39 is 21.9 Å². The third-order valence-corrected chi connectivity index (χ3v) is 9.94. The topological polar surface area (TPSA) is 107 Å². The monoisotopic (exact) mass is 454 g/mol. The number of ketones is 1. The molecule has 1 aliphatic carbocycles. The van der Waals surface area contributed by atoms with Gasteiger partial charge in [-0.15, -0.1) is 0 Å². The molecule has 1 aromatic rings. The molecule has 4 atom stereocenters. The molecule has 0 aromatic heterocycles. The number of phenols is 1. The van der Waals surface area contributed by atoms with E-state index in [1.54, 1.807) is 11.0 Å². The van der Waals surface area contributed by atoms with Gasteiger partial charge in [0.1, 0.15) is 5.75 Å². The van der Waals surface area contributed by atoms with Crippen LogP contribution in [0.3, 0.4) is 0 Å². The molecule has 6 rings (SSSR count). The molecule has 0 bridgehead atoms. The maximum Gasteiger partial charge on any atom is 0.238 e. The fourth-order valence-electron chi connectivity index (χ4n) is 8.49. The molecule has 1 spiro atoms. The number of phenolic OH excluding ortho intramolecular Hbond substituents is 1. The molecule has 4 heterocycles. The Morgan fingerprint density at radius 1 is 1.18 bits per heavy atom. The second kappa shape index (κ2) is 6.16. The molecule has 0 radical (unpaired) electrons. The maximum absolute atomic E-state index is 14.5. The summed E-state index contributed by atoms with van der Waals surface area (Å²) >= 11 is 0. The average molecular weight is 455 g/mol. The molecule has 8 nitrogen and oxygen atoms in total. The summed E-state index contributed by atoms with van der Waals surface area (Å²) in [5.41, 5.74) is -2.15. The number of aromatic hydroxyl groups is 1. The predicted molar refractivity (Wildman–Crippen MR) is 121 cm³/mol. The Balaban J connectivity index is 1.62. The van der Waals surface area contributed by atoms with Crippen molar-refractivity contribution in [3.63, 3.8) is 0 Å². The first kappa shape index (κ1) is 21.5. The molecular formula is C25H32N3O5-. The number of carbonyl (C=O) groups excluding carboxylic acids is 2. The molecule has 2 saturated heterocycles. The summed E-state index contributed by atoms with van der Waals surface area (Å²) in [5, 5.41) is 34.3. The number of fused-ring (bicyclic) bond motifs is 3. The fourth-order valence-corrected chi connectivity index (χ4v) is 8.49. The lowest BCUT2D eigenvalue weighted by atomic mass is 9.60. The van der Waals surface area contributed by atoms with Crippen LogP contribution in [0, 0.1) is 16.5 Å². The van der Waals surface area contributed by atoms with Gasteiger partial charge in [-0.3, -0.25) is 19.7 Å². The minimum absolute atomic E-state index is 0.111. The van der Waals surface area contributed by atoms with E-state index in [0.717, 1.165) is 25.8 Å². The van der Waals surface area contributed by atoms with E-state index in [4.69, 9.17) is 0 Å². The third-order valence-electron chi connectivity index (χ3n) is 9.94. The smallest absolute Gasteiger partial charge is 0.238 e. The van der Waals surface area contributed by atoms with Crippen LogP contribution in [-0.2, 0) is 10.2 Å². The van der Waals surface area contributed by atoms with Crippen LogP contribution in [0.15, 0.2) is 12.1 Å². The predicted octanol–water partition coefficient (Wildman–Crippen LogP) is 3.18. The zero-order valence-corrected chi connectivity index (χ0v) is 19.7. The fraction of sp³-hybridized carbons (Fsp3) is 0.680. The number of rotatable bonds is 1. The van der Waals surface area contributed by atoms with Crippen LogP contribution < -0.4 is 4.90 Å². The van der Waals surface area contributed by atoms with Crippen molar-refractivity contribution in [3.8, 4) is 5.75 Å².